The molecule has 2 nitrogen and oxygen atoms in total. The molecule has 72 valence electrons. The normalized spacial score (nSPS) is 10.0. The second-order valence-electron chi connectivity index (χ2n) is 2.23. The summed E-state index contributed by atoms with van der Waals surface area (Å²) in [6.45, 7) is 0. The number of hydrogen-bond donors (Lipinski definition) is 1. The van der Waals surface area contributed by atoms with Gasteiger partial charge in [-0.15, -0.1) is 0 Å². The highest BCUT2D eigenvalue weighted by molar-refractivity contribution is 5.91. The van der Waals surface area contributed by atoms with E-state index in [1.807, 2.05) is 0 Å². The Balaban J connectivity index is 3.73. The molecule has 0 saturated heterocycles. The molecule has 1 rings (SSSR count). The predicted octanol–water partition coefficient (Wildman–Crippen LogP) is 1.58. The van der Waals surface area contributed by atoms with Gasteiger partial charge in [0.05, 0.1) is 17.3 Å². The van der Waals surface area contributed by atoms with E-state index in [-0.39, 0.29) is 0 Å². The first-order chi connectivity index (χ1) is 6.54. The lowest BCUT2D eigenvalue weighted by atomic mass is 10.1. The third-order valence-electron chi connectivity index (χ3n) is 1.49. The van der Waals surface area contributed by atoms with E-state index >= 15 is 0 Å². The van der Waals surface area contributed by atoms with Gasteiger partial charge in [-0.2, -0.15) is 0 Å². The minimum atomic E-state index is -2.11. The summed E-state index contributed by atoms with van der Waals surface area (Å²) in [5, 5.41) is 6.47. The van der Waals surface area contributed by atoms with Crippen LogP contribution in [0, 0.1) is 28.7 Å². The Morgan fingerprint density at radius 2 is 1.29 bits per heavy atom. The first-order valence-electron chi connectivity index (χ1n) is 3.21. The number of halogens is 4. The van der Waals surface area contributed by atoms with Crippen molar-refractivity contribution in [3.05, 3.63) is 34.4 Å². The lowest BCUT2D eigenvalue weighted by Gasteiger charge is -2.03. The van der Waals surface area contributed by atoms with E-state index in [0.717, 1.165) is 6.29 Å². The van der Waals surface area contributed by atoms with E-state index in [9.17, 15) is 22.4 Å². The molecule has 1 N–H and O–H groups in total. The average molecular weight is 203 g/mol. The smallest absolute Gasteiger partial charge is 0.237 e. The summed E-state index contributed by atoms with van der Waals surface area (Å²) in [7, 11) is 0. The molecule has 0 spiro atoms. The van der Waals surface area contributed by atoms with Crippen LogP contribution in [0.1, 0.15) is 11.1 Å². The molecule has 0 atom stereocenters. The second-order valence-corrected chi connectivity index (χ2v) is 2.23. The molecule has 0 saturated carbocycles. The Hall–Kier alpha value is -1.72. The molecule has 0 heterocycles. The topological polar surface area (TPSA) is 40.9 Å². The van der Waals surface area contributed by atoms with Crippen LogP contribution in [0.2, 0.25) is 0 Å². The largest absolute Gasteiger partial charge is 0.298 e. The molecule has 0 aliphatic heterocycles. The third kappa shape index (κ3) is 1.28. The van der Waals surface area contributed by atoms with Crippen LogP contribution in [0.3, 0.4) is 0 Å². The Morgan fingerprint density at radius 1 is 0.857 bits per heavy atom. The molecule has 0 amide bonds. The first-order valence-corrected chi connectivity index (χ1v) is 3.21. The summed E-state index contributed by atoms with van der Waals surface area (Å²) in [5.41, 5.74) is -2.27. The summed E-state index contributed by atoms with van der Waals surface area (Å²) >= 11 is 0. The minimum absolute atomic E-state index is 0.869. The molecule has 0 bridgehead atoms. The summed E-state index contributed by atoms with van der Waals surface area (Å²) in [5.74, 6) is -7.91. The van der Waals surface area contributed by atoms with Gasteiger partial charge in [0.25, 0.3) is 0 Å². The van der Waals surface area contributed by atoms with Crippen LogP contribution in [0.15, 0.2) is 0 Å². The maximum absolute atomic E-state index is 12.7. The van der Waals surface area contributed by atoms with Gasteiger partial charge in [0.2, 0.25) is 6.29 Å². The van der Waals surface area contributed by atoms with E-state index in [1.54, 1.807) is 0 Å². The minimum Gasteiger partial charge on any atom is -0.298 e. The Bertz CT molecular complexity index is 378. The van der Waals surface area contributed by atoms with Crippen LogP contribution in [0.5, 0.6) is 0 Å². The van der Waals surface area contributed by atoms with Crippen LogP contribution in [-0.2, 0) is 4.79 Å². The zero-order chi connectivity index (χ0) is 10.9. The molecule has 0 fully saturated rings. The lowest BCUT2D eigenvalue weighted by molar-refractivity contribution is 0.406. The summed E-state index contributed by atoms with van der Waals surface area (Å²) in [6, 6.07) is 0. The standard InChI is InChI=1S/C8HF4NO/c9-5-3(1-13)4(2-14)6(10)8(12)7(5)11/h13H. The number of hydrogen-bond acceptors (Lipinski definition) is 2. The van der Waals surface area contributed by atoms with Gasteiger partial charge < -0.3 is 0 Å². The molecule has 0 aromatic heterocycles. The molecule has 1 aromatic carbocycles. The van der Waals surface area contributed by atoms with Crippen LogP contribution >= 0.6 is 0 Å². The molecular weight excluding hydrogens is 202 g/mol. The van der Waals surface area contributed by atoms with Gasteiger partial charge in [0, 0.05) is 0 Å². The fraction of sp³-hybridized carbons (Fsp3) is 0. The summed E-state index contributed by atoms with van der Waals surface area (Å²) in [4.78, 5) is 10.1. The van der Waals surface area contributed by atoms with Gasteiger partial charge in [0.15, 0.2) is 23.3 Å². The number of nitrogens with one attached hydrogen (secondary N) is 1. The van der Waals surface area contributed by atoms with E-state index in [1.165, 1.54) is 6.21 Å². The van der Waals surface area contributed by atoms with Crippen LogP contribution in [-0.4, -0.2) is 12.5 Å². The quantitative estimate of drug-likeness (QED) is 0.337. The molecule has 2 radical (unpaired) electrons. The molecular formula is C8HF4NO. The highest BCUT2D eigenvalue weighted by Gasteiger charge is 2.24. The van der Waals surface area contributed by atoms with Gasteiger partial charge in [-0.3, -0.25) is 10.2 Å². The molecule has 14 heavy (non-hydrogen) atoms. The van der Waals surface area contributed by atoms with Crippen molar-refractivity contribution in [2.24, 2.45) is 0 Å². The van der Waals surface area contributed by atoms with Crippen molar-refractivity contribution >= 4 is 12.5 Å². The van der Waals surface area contributed by atoms with Gasteiger partial charge in [-0.1, -0.05) is 0 Å². The van der Waals surface area contributed by atoms with Crippen molar-refractivity contribution < 1.29 is 22.4 Å². The SMILES string of the molecule is N=[C]c1c(F)c(F)c(F)c(F)c1[C]=O. The van der Waals surface area contributed by atoms with E-state index in [2.05, 4.69) is 0 Å². The zero-order valence-corrected chi connectivity index (χ0v) is 6.42. The van der Waals surface area contributed by atoms with Gasteiger partial charge in [0.1, 0.15) is 0 Å². The van der Waals surface area contributed by atoms with Crippen LogP contribution < -0.4 is 0 Å². The second kappa shape index (κ2) is 3.57. The first kappa shape index (κ1) is 10.4. The number of rotatable bonds is 2. The molecule has 0 unspecified atom stereocenters. The fourth-order valence-electron chi connectivity index (χ4n) is 0.845. The van der Waals surface area contributed by atoms with E-state index in [4.69, 9.17) is 5.41 Å². The number of benzene rings is 1. The zero-order valence-electron chi connectivity index (χ0n) is 6.42. The van der Waals surface area contributed by atoms with Gasteiger partial charge in [-0.05, 0) is 0 Å². The molecule has 1 aromatic rings. The van der Waals surface area contributed by atoms with Crippen molar-refractivity contribution in [3.8, 4) is 0 Å². The van der Waals surface area contributed by atoms with Crippen molar-refractivity contribution in [3.63, 3.8) is 0 Å². The summed E-state index contributed by atoms with van der Waals surface area (Å²) < 4.78 is 50.5. The van der Waals surface area contributed by atoms with E-state index < -0.39 is 34.4 Å². The van der Waals surface area contributed by atoms with Crippen molar-refractivity contribution in [2.75, 3.05) is 0 Å². The van der Waals surface area contributed by atoms with Gasteiger partial charge in [-0.25, -0.2) is 17.6 Å². The Morgan fingerprint density at radius 3 is 1.64 bits per heavy atom. The van der Waals surface area contributed by atoms with Crippen molar-refractivity contribution in [1.82, 2.24) is 0 Å². The molecule has 6 heteroatoms. The van der Waals surface area contributed by atoms with Crippen molar-refractivity contribution in [1.29, 1.82) is 5.41 Å². The van der Waals surface area contributed by atoms with E-state index in [0.29, 0.717) is 0 Å². The fourth-order valence-corrected chi connectivity index (χ4v) is 0.845. The maximum atomic E-state index is 12.7. The monoisotopic (exact) mass is 203 g/mol. The molecule has 0 aliphatic carbocycles. The highest BCUT2D eigenvalue weighted by Crippen LogP contribution is 2.21. The summed E-state index contributed by atoms with van der Waals surface area (Å²) in [6.07, 6.45) is 2.16. The Labute approximate surface area is 75.7 Å². The van der Waals surface area contributed by atoms with Gasteiger partial charge >= 0.3 is 0 Å². The van der Waals surface area contributed by atoms with Crippen molar-refractivity contribution in [2.45, 2.75) is 0 Å². The maximum Gasteiger partial charge on any atom is 0.237 e. The Kier molecular flexibility index (Phi) is 2.64. The highest BCUT2D eigenvalue weighted by atomic mass is 19.2. The predicted molar refractivity (Wildman–Crippen MR) is 37.9 cm³/mol. The third-order valence-corrected chi connectivity index (χ3v) is 1.49. The average Bonchev–Trinajstić information content (AvgIpc) is 2.20. The number of carbonyl (C=O) groups excluding carboxylic acids is 1. The lowest BCUT2D eigenvalue weighted by Crippen LogP contribution is -2.07. The van der Waals surface area contributed by atoms with Crippen LogP contribution in [0.4, 0.5) is 17.6 Å². The molecule has 0 aliphatic rings. The van der Waals surface area contributed by atoms with Crippen LogP contribution in [0.25, 0.3) is 0 Å².